The molecular weight excluding hydrogens is 286 g/mol. The molecule has 2 aliphatic rings. The van der Waals surface area contributed by atoms with Crippen LogP contribution in [-0.2, 0) is 0 Å². The number of hydrogen-bond acceptors (Lipinski definition) is 1. The molecule has 0 saturated heterocycles. The molecule has 1 N–H and O–H groups in total. The minimum atomic E-state index is 0.683. The Morgan fingerprint density at radius 3 is 2.72 bits per heavy atom. The van der Waals surface area contributed by atoms with Crippen molar-refractivity contribution in [2.24, 2.45) is 11.8 Å². The third-order valence-electron chi connectivity index (χ3n) is 4.48. The van der Waals surface area contributed by atoms with Gasteiger partial charge in [0.1, 0.15) is 0 Å². The predicted molar refractivity (Wildman–Crippen MR) is 81.0 cm³/mol. The van der Waals surface area contributed by atoms with Crippen LogP contribution in [0.4, 0.5) is 5.69 Å². The van der Waals surface area contributed by atoms with Crippen LogP contribution in [0.5, 0.6) is 0 Å². The Morgan fingerprint density at radius 2 is 1.94 bits per heavy atom. The lowest BCUT2D eigenvalue weighted by atomic mass is 9.82. The SMILES string of the molecule is Cc1ccc(Br)c(NC2CCCC(C3CC3)C2)c1. The second kappa shape index (κ2) is 5.24. The third-order valence-corrected chi connectivity index (χ3v) is 5.18. The summed E-state index contributed by atoms with van der Waals surface area (Å²) in [6, 6.07) is 7.25. The van der Waals surface area contributed by atoms with Gasteiger partial charge < -0.3 is 5.32 Å². The molecule has 2 aliphatic carbocycles. The van der Waals surface area contributed by atoms with Gasteiger partial charge in [0.25, 0.3) is 0 Å². The number of benzene rings is 1. The van der Waals surface area contributed by atoms with E-state index in [0.29, 0.717) is 6.04 Å². The summed E-state index contributed by atoms with van der Waals surface area (Å²) < 4.78 is 1.20. The lowest BCUT2D eigenvalue weighted by molar-refractivity contribution is 0.303. The summed E-state index contributed by atoms with van der Waals surface area (Å²) >= 11 is 3.65. The highest BCUT2D eigenvalue weighted by Gasteiger charge is 2.34. The zero-order chi connectivity index (χ0) is 12.5. The minimum Gasteiger partial charge on any atom is -0.381 e. The summed E-state index contributed by atoms with van der Waals surface area (Å²) in [6.45, 7) is 2.16. The zero-order valence-corrected chi connectivity index (χ0v) is 12.7. The topological polar surface area (TPSA) is 12.0 Å². The van der Waals surface area contributed by atoms with Gasteiger partial charge in [-0.3, -0.25) is 0 Å². The van der Waals surface area contributed by atoms with Crippen LogP contribution >= 0.6 is 15.9 Å². The van der Waals surface area contributed by atoms with E-state index in [4.69, 9.17) is 0 Å². The number of halogens is 1. The summed E-state index contributed by atoms with van der Waals surface area (Å²) in [5.41, 5.74) is 2.60. The predicted octanol–water partition coefficient (Wildman–Crippen LogP) is 5.14. The monoisotopic (exact) mass is 307 g/mol. The van der Waals surface area contributed by atoms with Crippen molar-refractivity contribution >= 4 is 21.6 Å². The van der Waals surface area contributed by atoms with Gasteiger partial charge >= 0.3 is 0 Å². The van der Waals surface area contributed by atoms with E-state index in [1.807, 2.05) is 0 Å². The first kappa shape index (κ1) is 12.5. The van der Waals surface area contributed by atoms with E-state index in [1.165, 1.54) is 54.2 Å². The number of rotatable bonds is 3. The van der Waals surface area contributed by atoms with Crippen LogP contribution in [0.3, 0.4) is 0 Å². The molecular formula is C16H22BrN. The Bertz CT molecular complexity index is 425. The normalized spacial score (nSPS) is 28.1. The fourth-order valence-corrected chi connectivity index (χ4v) is 3.69. The Hall–Kier alpha value is -0.500. The summed E-state index contributed by atoms with van der Waals surface area (Å²) in [7, 11) is 0. The van der Waals surface area contributed by atoms with Crippen LogP contribution in [0.15, 0.2) is 22.7 Å². The second-order valence-corrected chi connectivity index (χ2v) is 6.94. The quantitative estimate of drug-likeness (QED) is 0.815. The van der Waals surface area contributed by atoms with E-state index in [0.717, 1.165) is 11.8 Å². The van der Waals surface area contributed by atoms with Crippen molar-refractivity contribution in [1.29, 1.82) is 0 Å². The molecule has 0 aromatic heterocycles. The molecule has 2 saturated carbocycles. The van der Waals surface area contributed by atoms with Crippen molar-refractivity contribution < 1.29 is 0 Å². The average molecular weight is 308 g/mol. The Morgan fingerprint density at radius 1 is 1.11 bits per heavy atom. The van der Waals surface area contributed by atoms with Crippen molar-refractivity contribution in [3.05, 3.63) is 28.2 Å². The fourth-order valence-electron chi connectivity index (χ4n) is 3.32. The smallest absolute Gasteiger partial charge is 0.0489 e. The molecule has 3 rings (SSSR count). The van der Waals surface area contributed by atoms with Gasteiger partial charge in [0.2, 0.25) is 0 Å². The van der Waals surface area contributed by atoms with Crippen molar-refractivity contribution in [3.8, 4) is 0 Å². The maximum atomic E-state index is 3.76. The van der Waals surface area contributed by atoms with Crippen LogP contribution in [-0.4, -0.2) is 6.04 Å². The van der Waals surface area contributed by atoms with E-state index < -0.39 is 0 Å². The number of aryl methyl sites for hydroxylation is 1. The van der Waals surface area contributed by atoms with Gasteiger partial charge in [0.05, 0.1) is 0 Å². The molecule has 2 heteroatoms. The van der Waals surface area contributed by atoms with E-state index in [1.54, 1.807) is 0 Å². The summed E-state index contributed by atoms with van der Waals surface area (Å²) in [5.74, 6) is 2.07. The van der Waals surface area contributed by atoms with Gasteiger partial charge in [0.15, 0.2) is 0 Å². The molecule has 2 unspecified atom stereocenters. The highest BCUT2D eigenvalue weighted by molar-refractivity contribution is 9.10. The number of nitrogens with one attached hydrogen (secondary N) is 1. The molecule has 2 atom stereocenters. The highest BCUT2D eigenvalue weighted by Crippen LogP contribution is 2.44. The van der Waals surface area contributed by atoms with Crippen molar-refractivity contribution in [1.82, 2.24) is 0 Å². The molecule has 1 aromatic carbocycles. The summed E-state index contributed by atoms with van der Waals surface area (Å²) in [6.07, 6.45) is 8.58. The van der Waals surface area contributed by atoms with E-state index in [2.05, 4.69) is 46.4 Å². The van der Waals surface area contributed by atoms with Gasteiger partial charge in [-0.1, -0.05) is 18.9 Å². The molecule has 98 valence electrons. The number of anilines is 1. The van der Waals surface area contributed by atoms with E-state index in [9.17, 15) is 0 Å². The largest absolute Gasteiger partial charge is 0.381 e. The van der Waals surface area contributed by atoms with Gasteiger partial charge in [-0.25, -0.2) is 0 Å². The Balaban J connectivity index is 1.65. The maximum absolute atomic E-state index is 3.76. The maximum Gasteiger partial charge on any atom is 0.0489 e. The van der Waals surface area contributed by atoms with Gasteiger partial charge in [-0.05, 0) is 78.1 Å². The molecule has 0 amide bonds. The molecule has 1 nitrogen and oxygen atoms in total. The minimum absolute atomic E-state index is 0.683. The fraction of sp³-hybridized carbons (Fsp3) is 0.625. The molecule has 18 heavy (non-hydrogen) atoms. The third kappa shape index (κ3) is 2.90. The average Bonchev–Trinajstić information content (AvgIpc) is 3.18. The first-order valence-corrected chi connectivity index (χ1v) is 8.04. The zero-order valence-electron chi connectivity index (χ0n) is 11.1. The van der Waals surface area contributed by atoms with E-state index in [-0.39, 0.29) is 0 Å². The molecule has 0 spiro atoms. The lowest BCUT2D eigenvalue weighted by Gasteiger charge is -2.31. The molecule has 0 bridgehead atoms. The van der Waals surface area contributed by atoms with Crippen molar-refractivity contribution in [2.75, 3.05) is 5.32 Å². The van der Waals surface area contributed by atoms with Crippen LogP contribution in [0.25, 0.3) is 0 Å². The van der Waals surface area contributed by atoms with Crippen LogP contribution in [0.2, 0.25) is 0 Å². The molecule has 2 fully saturated rings. The second-order valence-electron chi connectivity index (χ2n) is 6.09. The molecule has 0 radical (unpaired) electrons. The van der Waals surface area contributed by atoms with Crippen LogP contribution < -0.4 is 5.32 Å². The van der Waals surface area contributed by atoms with Crippen LogP contribution in [0, 0.1) is 18.8 Å². The number of hydrogen-bond donors (Lipinski definition) is 1. The van der Waals surface area contributed by atoms with Gasteiger partial charge in [0, 0.05) is 16.2 Å². The van der Waals surface area contributed by atoms with Crippen molar-refractivity contribution in [3.63, 3.8) is 0 Å². The first-order chi connectivity index (χ1) is 8.72. The lowest BCUT2D eigenvalue weighted by Crippen LogP contribution is -2.28. The first-order valence-electron chi connectivity index (χ1n) is 7.25. The Labute approximate surface area is 118 Å². The van der Waals surface area contributed by atoms with Crippen molar-refractivity contribution in [2.45, 2.75) is 51.5 Å². The molecule has 0 aliphatic heterocycles. The van der Waals surface area contributed by atoms with Gasteiger partial charge in [-0.15, -0.1) is 0 Å². The van der Waals surface area contributed by atoms with E-state index >= 15 is 0 Å². The van der Waals surface area contributed by atoms with Crippen LogP contribution in [0.1, 0.15) is 44.1 Å². The molecule has 0 heterocycles. The Kier molecular flexibility index (Phi) is 3.65. The standard InChI is InChI=1S/C16H22BrN/c1-11-5-8-15(17)16(9-11)18-14-4-2-3-13(10-14)12-6-7-12/h5,8-9,12-14,18H,2-4,6-7,10H2,1H3. The summed E-state index contributed by atoms with van der Waals surface area (Å²) in [4.78, 5) is 0. The molecule has 1 aromatic rings. The van der Waals surface area contributed by atoms with Gasteiger partial charge in [-0.2, -0.15) is 0 Å². The summed E-state index contributed by atoms with van der Waals surface area (Å²) in [5, 5.41) is 3.76. The highest BCUT2D eigenvalue weighted by atomic mass is 79.9.